The molecule has 0 bridgehead atoms. The van der Waals surface area contributed by atoms with E-state index in [0.29, 0.717) is 17.9 Å². The van der Waals surface area contributed by atoms with E-state index < -0.39 is 0 Å². The largest absolute Gasteiger partial charge is 0.337 e. The minimum absolute atomic E-state index is 0.0250. The molecule has 1 aromatic carbocycles. The number of likely N-dealkylation sites (tertiary alicyclic amines) is 1. The molecule has 2 aromatic heterocycles. The number of benzene rings is 1. The van der Waals surface area contributed by atoms with Crippen molar-refractivity contribution in [2.24, 2.45) is 5.92 Å². The molecule has 4 rings (SSSR count). The van der Waals surface area contributed by atoms with Crippen molar-refractivity contribution in [3.8, 4) is 0 Å². The zero-order valence-electron chi connectivity index (χ0n) is 20.6. The summed E-state index contributed by atoms with van der Waals surface area (Å²) in [4.78, 5) is 18.3. The molecule has 0 spiro atoms. The van der Waals surface area contributed by atoms with Gasteiger partial charge >= 0.3 is 0 Å². The summed E-state index contributed by atoms with van der Waals surface area (Å²) in [5, 5.41) is 6.60. The van der Waals surface area contributed by atoms with Crippen molar-refractivity contribution < 1.29 is 9.18 Å². The minimum Gasteiger partial charge on any atom is -0.337 e. The van der Waals surface area contributed by atoms with Crippen molar-refractivity contribution in [1.29, 1.82) is 0 Å². The Balaban J connectivity index is 1.48. The van der Waals surface area contributed by atoms with Crippen LogP contribution in [-0.4, -0.2) is 51.7 Å². The van der Waals surface area contributed by atoms with Crippen LogP contribution in [0.5, 0.6) is 0 Å². The van der Waals surface area contributed by atoms with E-state index >= 15 is 0 Å². The number of piperidine rings is 1. The lowest BCUT2D eigenvalue weighted by Crippen LogP contribution is -2.47. The second-order valence-electron chi connectivity index (χ2n) is 9.33. The predicted molar refractivity (Wildman–Crippen MR) is 136 cm³/mol. The molecule has 1 aliphatic rings. The maximum Gasteiger partial charge on any atom is 0.263 e. The standard InChI is InChI=1S/C27H35FN4OS/c1-5-32-20(3)23(19(2)29-32)18-31-14-12-21(13-15-31)25(17-22-9-6-7-10-24(22)28)30(4)27(33)26-11-8-16-34-26/h6-11,16,21,25H,5,12-15,17-18H2,1-4H3/t25-/m0/s1. The molecular formula is C27H35FN4OS. The first-order valence-electron chi connectivity index (χ1n) is 12.2. The smallest absolute Gasteiger partial charge is 0.263 e. The average molecular weight is 483 g/mol. The van der Waals surface area contributed by atoms with E-state index in [-0.39, 0.29) is 17.8 Å². The Hall–Kier alpha value is -2.51. The highest BCUT2D eigenvalue weighted by atomic mass is 32.1. The topological polar surface area (TPSA) is 41.4 Å². The van der Waals surface area contributed by atoms with Gasteiger partial charge < -0.3 is 4.90 Å². The molecule has 0 N–H and O–H groups in total. The van der Waals surface area contributed by atoms with E-state index in [0.717, 1.165) is 49.6 Å². The summed E-state index contributed by atoms with van der Waals surface area (Å²) < 4.78 is 16.6. The van der Waals surface area contributed by atoms with Crippen molar-refractivity contribution >= 4 is 17.2 Å². The lowest BCUT2D eigenvalue weighted by atomic mass is 9.84. The number of hydrogen-bond donors (Lipinski definition) is 0. The molecule has 5 nitrogen and oxygen atoms in total. The molecule has 0 aliphatic carbocycles. The molecule has 0 radical (unpaired) electrons. The van der Waals surface area contributed by atoms with Crippen LogP contribution >= 0.6 is 11.3 Å². The maximum absolute atomic E-state index is 14.5. The summed E-state index contributed by atoms with van der Waals surface area (Å²) in [5.41, 5.74) is 4.37. The highest BCUT2D eigenvalue weighted by molar-refractivity contribution is 7.12. The number of likely N-dealkylation sites (N-methyl/N-ethyl adjacent to an activating group) is 1. The Kier molecular flexibility index (Phi) is 7.84. The molecule has 1 aliphatic heterocycles. The van der Waals surface area contributed by atoms with Gasteiger partial charge in [0, 0.05) is 37.4 Å². The second kappa shape index (κ2) is 10.8. The molecule has 0 unspecified atom stereocenters. The number of amides is 1. The lowest BCUT2D eigenvalue weighted by Gasteiger charge is -2.40. The van der Waals surface area contributed by atoms with Crippen molar-refractivity contribution in [2.75, 3.05) is 20.1 Å². The summed E-state index contributed by atoms with van der Waals surface area (Å²) >= 11 is 1.46. The van der Waals surface area contributed by atoms with Crippen LogP contribution in [0.15, 0.2) is 41.8 Å². The quantitative estimate of drug-likeness (QED) is 0.437. The summed E-state index contributed by atoms with van der Waals surface area (Å²) in [7, 11) is 1.88. The van der Waals surface area contributed by atoms with Gasteiger partial charge in [0.15, 0.2) is 0 Å². The molecular weight excluding hydrogens is 447 g/mol. The third kappa shape index (κ3) is 5.26. The fraction of sp³-hybridized carbons (Fsp3) is 0.481. The molecule has 1 fully saturated rings. The third-order valence-corrected chi connectivity index (χ3v) is 8.18. The van der Waals surface area contributed by atoms with Crippen LogP contribution in [0, 0.1) is 25.6 Å². The zero-order chi connectivity index (χ0) is 24.2. The monoisotopic (exact) mass is 482 g/mol. The van der Waals surface area contributed by atoms with Crippen LogP contribution in [0.2, 0.25) is 0 Å². The van der Waals surface area contributed by atoms with Gasteiger partial charge in [-0.15, -0.1) is 11.3 Å². The van der Waals surface area contributed by atoms with Crippen molar-refractivity contribution in [3.05, 3.63) is 75.0 Å². The van der Waals surface area contributed by atoms with Gasteiger partial charge in [-0.25, -0.2) is 4.39 Å². The SMILES string of the molecule is CCn1nc(C)c(CN2CCC([C@H](Cc3ccccc3F)N(C)C(=O)c3cccs3)CC2)c1C. The van der Waals surface area contributed by atoms with E-state index in [2.05, 4.69) is 35.5 Å². The molecule has 1 atom stereocenters. The van der Waals surface area contributed by atoms with Gasteiger partial charge in [0.2, 0.25) is 0 Å². The fourth-order valence-electron chi connectivity index (χ4n) is 5.22. The Morgan fingerprint density at radius 3 is 2.56 bits per heavy atom. The van der Waals surface area contributed by atoms with Gasteiger partial charge in [-0.1, -0.05) is 24.3 Å². The van der Waals surface area contributed by atoms with E-state index in [1.807, 2.05) is 41.6 Å². The van der Waals surface area contributed by atoms with E-state index in [1.54, 1.807) is 6.07 Å². The van der Waals surface area contributed by atoms with Crippen LogP contribution in [0.25, 0.3) is 0 Å². The Bertz CT molecular complexity index is 1100. The van der Waals surface area contributed by atoms with Crippen molar-refractivity contribution in [3.63, 3.8) is 0 Å². The third-order valence-electron chi connectivity index (χ3n) is 7.33. The summed E-state index contributed by atoms with van der Waals surface area (Å²) in [6.45, 7) is 10.1. The number of carbonyl (C=O) groups is 1. The first-order chi connectivity index (χ1) is 16.4. The minimum atomic E-state index is -0.194. The fourth-order valence-corrected chi connectivity index (χ4v) is 5.93. The number of carbonyl (C=O) groups excluding carboxylic acids is 1. The first-order valence-corrected chi connectivity index (χ1v) is 13.1. The molecule has 7 heteroatoms. The number of aromatic nitrogens is 2. The molecule has 34 heavy (non-hydrogen) atoms. The van der Waals surface area contributed by atoms with Crippen LogP contribution in [0.4, 0.5) is 4.39 Å². The normalized spacial score (nSPS) is 16.0. The molecule has 1 amide bonds. The summed E-state index contributed by atoms with van der Waals surface area (Å²) in [6.07, 6.45) is 2.51. The highest BCUT2D eigenvalue weighted by Crippen LogP contribution is 2.29. The predicted octanol–water partition coefficient (Wildman–Crippen LogP) is 5.32. The van der Waals surface area contributed by atoms with Gasteiger partial charge in [-0.3, -0.25) is 14.4 Å². The summed E-state index contributed by atoms with van der Waals surface area (Å²) in [6, 6.07) is 10.7. The number of nitrogens with zero attached hydrogens (tertiary/aromatic N) is 4. The van der Waals surface area contributed by atoms with Crippen LogP contribution < -0.4 is 0 Å². The van der Waals surface area contributed by atoms with Gasteiger partial charge in [-0.2, -0.15) is 5.10 Å². The zero-order valence-corrected chi connectivity index (χ0v) is 21.4. The number of hydrogen-bond acceptors (Lipinski definition) is 4. The number of halogens is 1. The summed E-state index contributed by atoms with van der Waals surface area (Å²) in [5.74, 6) is 0.156. The molecule has 182 valence electrons. The van der Waals surface area contributed by atoms with Crippen molar-refractivity contribution in [2.45, 2.75) is 59.2 Å². The molecule has 3 heterocycles. The van der Waals surface area contributed by atoms with Crippen molar-refractivity contribution in [1.82, 2.24) is 19.6 Å². The van der Waals surface area contributed by atoms with Gasteiger partial charge in [0.25, 0.3) is 5.91 Å². The lowest BCUT2D eigenvalue weighted by molar-refractivity contribution is 0.0587. The van der Waals surface area contributed by atoms with Gasteiger partial charge in [0.05, 0.1) is 10.6 Å². The Labute approximate surface area is 206 Å². The Morgan fingerprint density at radius 1 is 1.21 bits per heavy atom. The molecule has 0 saturated carbocycles. The maximum atomic E-state index is 14.5. The van der Waals surface area contributed by atoms with Crippen LogP contribution in [0.1, 0.15) is 52.0 Å². The number of thiophene rings is 1. The average Bonchev–Trinajstić information content (AvgIpc) is 3.48. The van der Waals surface area contributed by atoms with E-state index in [1.165, 1.54) is 28.7 Å². The molecule has 1 saturated heterocycles. The van der Waals surface area contributed by atoms with Gasteiger partial charge in [0.1, 0.15) is 5.82 Å². The first kappa shape index (κ1) is 24.6. The highest BCUT2D eigenvalue weighted by Gasteiger charge is 2.33. The van der Waals surface area contributed by atoms with Crippen LogP contribution in [0.3, 0.4) is 0 Å². The number of rotatable bonds is 8. The van der Waals surface area contributed by atoms with Gasteiger partial charge in [-0.05, 0) is 82.1 Å². The number of aryl methyl sites for hydroxylation is 2. The van der Waals surface area contributed by atoms with Crippen LogP contribution in [-0.2, 0) is 19.5 Å². The van der Waals surface area contributed by atoms with E-state index in [4.69, 9.17) is 0 Å². The molecule has 3 aromatic rings. The van der Waals surface area contributed by atoms with E-state index in [9.17, 15) is 9.18 Å². The Morgan fingerprint density at radius 2 is 1.94 bits per heavy atom. The second-order valence-corrected chi connectivity index (χ2v) is 10.3.